The Morgan fingerprint density at radius 1 is 0.938 bits per heavy atom. The average molecular weight is 447 g/mol. The van der Waals surface area contributed by atoms with E-state index >= 15 is 0 Å². The highest BCUT2D eigenvalue weighted by molar-refractivity contribution is 6.30. The fourth-order valence-corrected chi connectivity index (χ4v) is 3.73. The van der Waals surface area contributed by atoms with Crippen LogP contribution in [0.2, 0.25) is 5.02 Å². The monoisotopic (exact) mass is 446 g/mol. The molecular weight excluding hydrogens is 428 g/mol. The van der Waals surface area contributed by atoms with Gasteiger partial charge < -0.3 is 15.1 Å². The molecule has 0 saturated carbocycles. The van der Waals surface area contributed by atoms with Gasteiger partial charge in [0.05, 0.1) is 0 Å². The third-order valence-electron chi connectivity index (χ3n) is 5.05. The summed E-state index contributed by atoms with van der Waals surface area (Å²) in [7, 11) is 1.54. The van der Waals surface area contributed by atoms with Gasteiger partial charge in [-0.05, 0) is 60.0 Å². The Morgan fingerprint density at radius 3 is 2.41 bits per heavy atom. The second-order valence-corrected chi connectivity index (χ2v) is 7.59. The Hall–Kier alpha value is -3.90. The summed E-state index contributed by atoms with van der Waals surface area (Å²) in [6, 6.07) is 20.7. The predicted molar refractivity (Wildman–Crippen MR) is 125 cm³/mol. The van der Waals surface area contributed by atoms with Crippen LogP contribution in [0.15, 0.2) is 82.0 Å². The maximum atomic E-state index is 13.2. The topological polar surface area (TPSA) is 88.4 Å². The average Bonchev–Trinajstić information content (AvgIpc) is 2.79. The van der Waals surface area contributed by atoms with Crippen molar-refractivity contribution in [3.8, 4) is 0 Å². The highest BCUT2D eigenvalue weighted by atomic mass is 35.5. The predicted octanol–water partition coefficient (Wildman–Crippen LogP) is 4.65. The molecule has 0 atom stereocenters. The molecule has 1 aromatic heterocycles. The molecule has 3 aromatic carbocycles. The van der Waals surface area contributed by atoms with Crippen LogP contribution < -0.4 is 16.3 Å². The van der Waals surface area contributed by atoms with Crippen molar-refractivity contribution in [1.82, 2.24) is 5.32 Å². The van der Waals surface area contributed by atoms with Gasteiger partial charge in [0, 0.05) is 28.7 Å². The lowest BCUT2D eigenvalue weighted by atomic mass is 9.97. The summed E-state index contributed by atoms with van der Waals surface area (Å²) < 4.78 is 5.42. The standard InChI is InChI=1S/C25H19ClN2O4/c1-27-23(29)16-9-11-18(12-10-16)28-24(30)22-20(14-15-5-4-6-17(26)13-15)19-7-2-3-8-21(19)32-25(22)31/h2-13H,14H2,1H3,(H,27,29)(H,28,30). The fourth-order valence-electron chi connectivity index (χ4n) is 3.52. The lowest BCUT2D eigenvalue weighted by Crippen LogP contribution is -2.24. The Balaban J connectivity index is 1.75. The van der Waals surface area contributed by atoms with E-state index in [1.807, 2.05) is 24.3 Å². The Bertz CT molecular complexity index is 1380. The number of fused-ring (bicyclic) bond motifs is 1. The summed E-state index contributed by atoms with van der Waals surface area (Å²) in [4.78, 5) is 37.7. The third kappa shape index (κ3) is 4.40. The molecule has 1 heterocycles. The van der Waals surface area contributed by atoms with Gasteiger partial charge in [0.15, 0.2) is 0 Å². The molecule has 0 saturated heterocycles. The van der Waals surface area contributed by atoms with Crippen LogP contribution in [0.4, 0.5) is 5.69 Å². The molecule has 160 valence electrons. The molecule has 4 aromatic rings. The second-order valence-electron chi connectivity index (χ2n) is 7.16. The first-order valence-electron chi connectivity index (χ1n) is 9.89. The van der Waals surface area contributed by atoms with Crippen molar-refractivity contribution in [3.05, 3.63) is 110 Å². The zero-order chi connectivity index (χ0) is 22.7. The van der Waals surface area contributed by atoms with Gasteiger partial charge in [-0.2, -0.15) is 0 Å². The minimum Gasteiger partial charge on any atom is -0.422 e. The maximum Gasteiger partial charge on any atom is 0.349 e. The van der Waals surface area contributed by atoms with Gasteiger partial charge in [-0.15, -0.1) is 0 Å². The highest BCUT2D eigenvalue weighted by Gasteiger charge is 2.21. The number of para-hydroxylation sites is 1. The number of hydrogen-bond acceptors (Lipinski definition) is 4. The molecule has 0 spiro atoms. The zero-order valence-corrected chi connectivity index (χ0v) is 17.9. The minimum atomic E-state index is -0.722. The molecule has 0 aliphatic rings. The normalized spacial score (nSPS) is 10.7. The van der Waals surface area contributed by atoms with Gasteiger partial charge in [0.25, 0.3) is 11.8 Å². The van der Waals surface area contributed by atoms with Gasteiger partial charge in [0.2, 0.25) is 0 Å². The van der Waals surface area contributed by atoms with Crippen molar-refractivity contribution in [2.45, 2.75) is 6.42 Å². The molecule has 0 radical (unpaired) electrons. The number of carbonyl (C=O) groups is 2. The number of amides is 2. The number of halogens is 1. The van der Waals surface area contributed by atoms with Crippen molar-refractivity contribution in [2.24, 2.45) is 0 Å². The van der Waals surface area contributed by atoms with Crippen LogP contribution in [-0.2, 0) is 6.42 Å². The van der Waals surface area contributed by atoms with Gasteiger partial charge >= 0.3 is 5.63 Å². The van der Waals surface area contributed by atoms with Crippen LogP contribution in [0.1, 0.15) is 31.8 Å². The van der Waals surface area contributed by atoms with Crippen molar-refractivity contribution in [1.29, 1.82) is 0 Å². The lowest BCUT2D eigenvalue weighted by Gasteiger charge is -2.12. The number of carbonyl (C=O) groups excluding carboxylic acids is 2. The van der Waals surface area contributed by atoms with Crippen LogP contribution in [-0.4, -0.2) is 18.9 Å². The van der Waals surface area contributed by atoms with Gasteiger partial charge in [0.1, 0.15) is 11.1 Å². The van der Waals surface area contributed by atoms with E-state index in [2.05, 4.69) is 10.6 Å². The third-order valence-corrected chi connectivity index (χ3v) is 5.28. The first-order valence-corrected chi connectivity index (χ1v) is 10.3. The first-order chi connectivity index (χ1) is 15.5. The number of hydrogen-bond donors (Lipinski definition) is 2. The molecule has 0 fully saturated rings. The van der Waals surface area contributed by atoms with Gasteiger partial charge in [-0.25, -0.2) is 4.79 Å². The molecule has 7 heteroatoms. The summed E-state index contributed by atoms with van der Waals surface area (Å²) in [5.41, 5.74) is 1.93. The molecule has 0 aliphatic carbocycles. The molecule has 4 rings (SSSR count). The Kier molecular flexibility index (Phi) is 6.05. The van der Waals surface area contributed by atoms with Crippen molar-refractivity contribution in [2.75, 3.05) is 12.4 Å². The van der Waals surface area contributed by atoms with Crippen molar-refractivity contribution in [3.63, 3.8) is 0 Å². The van der Waals surface area contributed by atoms with Crippen molar-refractivity contribution >= 4 is 40.1 Å². The van der Waals surface area contributed by atoms with E-state index in [1.165, 1.54) is 0 Å². The molecule has 0 aliphatic heterocycles. The van der Waals surface area contributed by atoms with E-state index < -0.39 is 11.5 Å². The van der Waals surface area contributed by atoms with E-state index in [4.69, 9.17) is 16.0 Å². The molecule has 6 nitrogen and oxygen atoms in total. The van der Waals surface area contributed by atoms with Crippen LogP contribution in [0.5, 0.6) is 0 Å². The molecule has 2 N–H and O–H groups in total. The van der Waals surface area contributed by atoms with Gasteiger partial charge in [-0.3, -0.25) is 9.59 Å². The van der Waals surface area contributed by atoms with Crippen LogP contribution in [0.3, 0.4) is 0 Å². The molecule has 0 bridgehead atoms. The SMILES string of the molecule is CNC(=O)c1ccc(NC(=O)c2c(Cc3cccc(Cl)c3)c3ccccc3oc2=O)cc1. The number of nitrogens with one attached hydrogen (secondary N) is 2. The minimum absolute atomic E-state index is 0.0703. The smallest absolute Gasteiger partial charge is 0.349 e. The molecule has 32 heavy (non-hydrogen) atoms. The van der Waals surface area contributed by atoms with E-state index in [0.29, 0.717) is 39.2 Å². The second kappa shape index (κ2) is 9.08. The summed E-state index contributed by atoms with van der Waals surface area (Å²) in [6.07, 6.45) is 0.324. The van der Waals surface area contributed by atoms with E-state index in [-0.39, 0.29) is 11.5 Å². The van der Waals surface area contributed by atoms with Crippen LogP contribution in [0.25, 0.3) is 11.0 Å². The summed E-state index contributed by atoms with van der Waals surface area (Å²) >= 11 is 6.13. The first kappa shape index (κ1) is 21.3. The maximum absolute atomic E-state index is 13.2. The lowest BCUT2D eigenvalue weighted by molar-refractivity contribution is 0.0962. The Morgan fingerprint density at radius 2 is 1.69 bits per heavy atom. The van der Waals surface area contributed by atoms with Crippen LogP contribution in [0, 0.1) is 0 Å². The molecule has 0 unspecified atom stereocenters. The number of anilines is 1. The Labute approximate surface area is 188 Å². The van der Waals surface area contributed by atoms with E-state index in [1.54, 1.807) is 55.6 Å². The number of rotatable bonds is 5. The van der Waals surface area contributed by atoms with E-state index in [9.17, 15) is 14.4 Å². The van der Waals surface area contributed by atoms with Crippen LogP contribution >= 0.6 is 11.6 Å². The van der Waals surface area contributed by atoms with Gasteiger partial charge in [-0.1, -0.05) is 41.9 Å². The van der Waals surface area contributed by atoms with Crippen molar-refractivity contribution < 1.29 is 14.0 Å². The number of benzene rings is 3. The summed E-state index contributed by atoms with van der Waals surface area (Å²) in [6.45, 7) is 0. The zero-order valence-electron chi connectivity index (χ0n) is 17.1. The quantitative estimate of drug-likeness (QED) is 0.437. The molecule has 2 amide bonds. The fraction of sp³-hybridized carbons (Fsp3) is 0.0800. The molecular formula is C25H19ClN2O4. The largest absolute Gasteiger partial charge is 0.422 e. The van der Waals surface area contributed by atoms with E-state index in [0.717, 1.165) is 5.56 Å². The summed E-state index contributed by atoms with van der Waals surface area (Å²) in [5, 5.41) is 6.51. The summed E-state index contributed by atoms with van der Waals surface area (Å²) in [5.74, 6) is -0.823. The highest BCUT2D eigenvalue weighted by Crippen LogP contribution is 2.25.